The molecule has 0 aromatic heterocycles. The van der Waals surface area contributed by atoms with Crippen LogP contribution in [-0.4, -0.2) is 75.3 Å². The summed E-state index contributed by atoms with van der Waals surface area (Å²) >= 11 is 0. The average molecular weight is 325 g/mol. The van der Waals surface area contributed by atoms with Crippen molar-refractivity contribution >= 4 is 25.6 Å². The van der Waals surface area contributed by atoms with Crippen LogP contribution in [0.15, 0.2) is 0 Å². The number of hydrogen-bond donors (Lipinski definition) is 0. The van der Waals surface area contributed by atoms with Crippen LogP contribution in [0.4, 0.5) is 0 Å². The normalized spacial score (nSPS) is 25.4. The Morgan fingerprint density at radius 2 is 1.85 bits per heavy atom. The molecule has 0 aromatic carbocycles. The first-order chi connectivity index (χ1) is 9.47. The number of rotatable bonds is 6. The van der Waals surface area contributed by atoms with Gasteiger partial charge in [0.15, 0.2) is 0 Å². The largest absolute Gasteiger partial charge is 0.379 e. The van der Waals surface area contributed by atoms with E-state index < -0.39 is 14.3 Å². The minimum Gasteiger partial charge on any atom is -0.379 e. The van der Waals surface area contributed by atoms with Gasteiger partial charge >= 0.3 is 0 Å². The molecule has 6 nitrogen and oxygen atoms in total. The molecule has 0 aromatic rings. The lowest BCUT2D eigenvalue weighted by Crippen LogP contribution is -2.37. The first kappa shape index (κ1) is 16.0. The van der Waals surface area contributed by atoms with Crippen LogP contribution >= 0.6 is 10.7 Å². The number of nitrogens with zero attached hydrogens (tertiary/aromatic N) is 2. The van der Waals surface area contributed by atoms with Crippen LogP contribution in [0.5, 0.6) is 0 Å². The third kappa shape index (κ3) is 4.58. The van der Waals surface area contributed by atoms with Gasteiger partial charge in [0.2, 0.25) is 15.0 Å². The highest BCUT2D eigenvalue weighted by molar-refractivity contribution is 8.14. The lowest BCUT2D eigenvalue weighted by Gasteiger charge is -2.26. The van der Waals surface area contributed by atoms with Crippen LogP contribution in [-0.2, 0) is 18.6 Å². The van der Waals surface area contributed by atoms with Gasteiger partial charge in [0.1, 0.15) is 5.25 Å². The van der Waals surface area contributed by atoms with E-state index in [0.29, 0.717) is 6.54 Å². The predicted octanol–water partition coefficient (Wildman–Crippen LogP) is 0.268. The van der Waals surface area contributed by atoms with E-state index in [0.717, 1.165) is 45.7 Å². The molecule has 2 heterocycles. The Morgan fingerprint density at radius 3 is 2.45 bits per heavy atom. The van der Waals surface area contributed by atoms with Crippen molar-refractivity contribution in [1.82, 2.24) is 9.80 Å². The van der Waals surface area contributed by atoms with E-state index >= 15 is 0 Å². The molecule has 0 aliphatic carbocycles. The monoisotopic (exact) mass is 324 g/mol. The maximum Gasteiger partial charge on any atom is 0.237 e. The first-order valence-electron chi connectivity index (χ1n) is 6.98. The molecule has 8 heteroatoms. The van der Waals surface area contributed by atoms with Gasteiger partial charge in [-0.3, -0.25) is 9.69 Å². The average Bonchev–Trinajstić information content (AvgIpc) is 2.77. The number of carbonyl (C=O) groups excluding carboxylic acids is 1. The topological polar surface area (TPSA) is 66.9 Å². The molecule has 1 amide bonds. The molecule has 0 bridgehead atoms. The molecule has 0 spiro atoms. The summed E-state index contributed by atoms with van der Waals surface area (Å²) in [6.45, 7) is 5.38. The quantitative estimate of drug-likeness (QED) is 0.518. The molecular formula is C12H21ClN2O4S. The minimum atomic E-state index is -3.63. The summed E-state index contributed by atoms with van der Waals surface area (Å²) in [7, 11) is 1.68. The Hall–Kier alpha value is -0.370. The summed E-state index contributed by atoms with van der Waals surface area (Å²) in [6, 6.07) is 0. The maximum atomic E-state index is 11.7. The van der Waals surface area contributed by atoms with Crippen LogP contribution in [0.1, 0.15) is 19.3 Å². The second-order valence-corrected chi connectivity index (χ2v) is 8.21. The molecule has 2 aliphatic rings. The highest BCUT2D eigenvalue weighted by Crippen LogP contribution is 2.21. The van der Waals surface area contributed by atoms with Crippen LogP contribution in [0.3, 0.4) is 0 Å². The number of likely N-dealkylation sites (tertiary alicyclic amines) is 1. The van der Waals surface area contributed by atoms with E-state index in [1.165, 1.54) is 0 Å². The Labute approximate surface area is 124 Å². The van der Waals surface area contributed by atoms with Crippen molar-refractivity contribution in [1.29, 1.82) is 0 Å². The van der Waals surface area contributed by atoms with Gasteiger partial charge < -0.3 is 9.64 Å². The summed E-state index contributed by atoms with van der Waals surface area (Å²) in [5, 5.41) is -0.740. The number of morpholine rings is 1. The first-order valence-corrected chi connectivity index (χ1v) is 9.35. The van der Waals surface area contributed by atoms with Crippen molar-refractivity contribution in [3.63, 3.8) is 0 Å². The van der Waals surface area contributed by atoms with Gasteiger partial charge in [-0.1, -0.05) is 0 Å². The van der Waals surface area contributed by atoms with Crippen LogP contribution in [0.2, 0.25) is 0 Å². The number of halogens is 1. The molecule has 20 heavy (non-hydrogen) atoms. The van der Waals surface area contributed by atoms with Crippen molar-refractivity contribution in [2.75, 3.05) is 45.9 Å². The zero-order valence-electron chi connectivity index (χ0n) is 11.5. The lowest BCUT2D eigenvalue weighted by atomic mass is 10.2. The summed E-state index contributed by atoms with van der Waals surface area (Å²) in [4.78, 5) is 15.7. The van der Waals surface area contributed by atoms with Gasteiger partial charge in [0, 0.05) is 43.3 Å². The van der Waals surface area contributed by atoms with Gasteiger partial charge in [-0.2, -0.15) is 0 Å². The molecule has 0 N–H and O–H groups in total. The lowest BCUT2D eigenvalue weighted by molar-refractivity contribution is -0.127. The van der Waals surface area contributed by atoms with Crippen molar-refractivity contribution in [3.05, 3.63) is 0 Å². The number of amides is 1. The molecule has 116 valence electrons. The zero-order valence-corrected chi connectivity index (χ0v) is 13.0. The standard InChI is InChI=1S/C12H21ClN2O4S/c13-20(17,18)11-9-12(16)15(10-11)4-2-1-3-14-5-7-19-8-6-14/h11H,1-10H2. The zero-order chi connectivity index (χ0) is 14.6. The Kier molecular flexibility index (Phi) is 5.65. The van der Waals surface area contributed by atoms with Gasteiger partial charge in [0.25, 0.3) is 0 Å². The molecule has 2 saturated heterocycles. The Balaban J connectivity index is 1.65. The van der Waals surface area contributed by atoms with Crippen molar-refractivity contribution in [2.24, 2.45) is 0 Å². The second kappa shape index (κ2) is 7.06. The highest BCUT2D eigenvalue weighted by Gasteiger charge is 2.36. The van der Waals surface area contributed by atoms with E-state index in [-0.39, 0.29) is 18.9 Å². The molecule has 0 saturated carbocycles. The number of hydrogen-bond acceptors (Lipinski definition) is 5. The fourth-order valence-corrected chi connectivity index (χ4v) is 3.66. The van der Waals surface area contributed by atoms with Gasteiger partial charge in [0.05, 0.1) is 13.2 Å². The Bertz CT molecular complexity index is 437. The fourth-order valence-electron chi connectivity index (χ4n) is 2.60. The van der Waals surface area contributed by atoms with Crippen molar-refractivity contribution in [3.8, 4) is 0 Å². The predicted molar refractivity (Wildman–Crippen MR) is 76.3 cm³/mol. The molecule has 0 radical (unpaired) electrons. The highest BCUT2D eigenvalue weighted by atomic mass is 35.7. The molecule has 2 aliphatic heterocycles. The third-order valence-electron chi connectivity index (χ3n) is 3.83. The van der Waals surface area contributed by atoms with Gasteiger partial charge in [-0.05, 0) is 19.4 Å². The van der Waals surface area contributed by atoms with E-state index in [1.54, 1.807) is 4.90 Å². The van der Waals surface area contributed by atoms with E-state index in [2.05, 4.69) is 4.90 Å². The SMILES string of the molecule is O=C1CC(S(=O)(=O)Cl)CN1CCCCN1CCOCC1. The van der Waals surface area contributed by atoms with Gasteiger partial charge in [-0.15, -0.1) is 0 Å². The summed E-state index contributed by atoms with van der Waals surface area (Å²) < 4.78 is 27.7. The molecule has 2 rings (SSSR count). The van der Waals surface area contributed by atoms with Crippen LogP contribution in [0, 0.1) is 0 Å². The van der Waals surface area contributed by atoms with E-state index in [1.807, 2.05) is 0 Å². The molecule has 1 atom stereocenters. The van der Waals surface area contributed by atoms with Crippen molar-refractivity contribution in [2.45, 2.75) is 24.5 Å². The third-order valence-corrected chi connectivity index (χ3v) is 5.70. The maximum absolute atomic E-state index is 11.7. The molecule has 2 fully saturated rings. The number of ether oxygens (including phenoxy) is 1. The molecule has 1 unspecified atom stereocenters. The minimum absolute atomic E-state index is 0.0231. The van der Waals surface area contributed by atoms with Crippen molar-refractivity contribution < 1.29 is 17.9 Å². The van der Waals surface area contributed by atoms with E-state index in [4.69, 9.17) is 15.4 Å². The molecular weight excluding hydrogens is 304 g/mol. The van der Waals surface area contributed by atoms with E-state index in [9.17, 15) is 13.2 Å². The summed E-state index contributed by atoms with van der Waals surface area (Å²) in [6.07, 6.45) is 1.91. The Morgan fingerprint density at radius 1 is 1.20 bits per heavy atom. The second-order valence-electron chi connectivity index (χ2n) is 5.30. The summed E-state index contributed by atoms with van der Waals surface area (Å²) in [5.41, 5.74) is 0. The van der Waals surface area contributed by atoms with Crippen LogP contribution < -0.4 is 0 Å². The van der Waals surface area contributed by atoms with Gasteiger partial charge in [-0.25, -0.2) is 8.42 Å². The number of unbranched alkanes of at least 4 members (excludes halogenated alkanes) is 1. The fraction of sp³-hybridized carbons (Fsp3) is 0.917. The summed E-state index contributed by atoms with van der Waals surface area (Å²) in [5.74, 6) is -0.106. The smallest absolute Gasteiger partial charge is 0.237 e. The van der Waals surface area contributed by atoms with Crippen LogP contribution in [0.25, 0.3) is 0 Å². The number of carbonyl (C=O) groups is 1.